The van der Waals surface area contributed by atoms with Crippen molar-refractivity contribution in [3.8, 4) is 0 Å². The molecule has 1 saturated carbocycles. The Morgan fingerprint density at radius 3 is 2.38 bits per heavy atom. The van der Waals surface area contributed by atoms with Crippen LogP contribution in [0.2, 0.25) is 0 Å². The molecule has 39 heavy (non-hydrogen) atoms. The molecule has 0 spiro atoms. The van der Waals surface area contributed by atoms with E-state index in [1.165, 1.54) is 12.1 Å². The van der Waals surface area contributed by atoms with Crippen LogP contribution in [-0.2, 0) is 11.3 Å². The summed E-state index contributed by atoms with van der Waals surface area (Å²) in [5, 5.41) is 6.39. The topological polar surface area (TPSA) is 82.9 Å². The van der Waals surface area contributed by atoms with Crippen molar-refractivity contribution in [2.45, 2.75) is 70.7 Å². The molecule has 0 aromatic heterocycles. The maximum atomic E-state index is 15.3. The number of thioether (sulfide) groups is 1. The molecule has 2 aromatic rings. The summed E-state index contributed by atoms with van der Waals surface area (Å²) in [7, 11) is 0. The summed E-state index contributed by atoms with van der Waals surface area (Å²) in [6.45, 7) is 8.39. The summed E-state index contributed by atoms with van der Waals surface area (Å²) >= 11 is 1.92. The number of carbonyl (C=O) groups excluding carboxylic acids is 2. The molecule has 1 fully saturated rings. The second kappa shape index (κ2) is 12.0. The molecule has 208 valence electrons. The second-order valence-corrected chi connectivity index (χ2v) is 12.9. The lowest BCUT2D eigenvalue weighted by molar-refractivity contribution is -0.126. The van der Waals surface area contributed by atoms with Gasteiger partial charge in [-0.15, -0.1) is 0 Å². The first-order chi connectivity index (χ1) is 18.5. The Kier molecular flexibility index (Phi) is 8.94. The summed E-state index contributed by atoms with van der Waals surface area (Å²) in [5.74, 6) is -0.609. The van der Waals surface area contributed by atoms with E-state index in [1.54, 1.807) is 6.07 Å². The molecule has 4 rings (SSSR count). The average Bonchev–Trinajstić information content (AvgIpc) is 2.92. The summed E-state index contributed by atoms with van der Waals surface area (Å²) in [6, 6.07) is 14.0. The van der Waals surface area contributed by atoms with Gasteiger partial charge in [-0.25, -0.2) is 4.39 Å². The Hall–Kier alpha value is -3.00. The van der Waals surface area contributed by atoms with Crippen LogP contribution in [-0.4, -0.2) is 47.0 Å². The lowest BCUT2D eigenvalue weighted by atomic mass is 9.75. The number of hydrogen-bond acceptors (Lipinski definition) is 5. The first kappa shape index (κ1) is 29.0. The van der Waals surface area contributed by atoms with Crippen LogP contribution in [0.25, 0.3) is 0 Å². The number of halogens is 1. The Morgan fingerprint density at radius 2 is 1.77 bits per heavy atom. The van der Waals surface area contributed by atoms with Gasteiger partial charge in [0.05, 0.1) is 17.6 Å². The van der Waals surface area contributed by atoms with Gasteiger partial charge < -0.3 is 10.6 Å². The number of amides is 2. The monoisotopic (exact) mass is 550 g/mol. The molecule has 0 saturated heterocycles. The lowest BCUT2D eigenvalue weighted by Crippen LogP contribution is -2.49. The van der Waals surface area contributed by atoms with Crippen molar-refractivity contribution in [2.24, 2.45) is 21.3 Å². The molecule has 1 atom stereocenters. The van der Waals surface area contributed by atoms with Gasteiger partial charge >= 0.3 is 0 Å². The fourth-order valence-electron chi connectivity index (χ4n) is 5.11. The number of amidine groups is 1. The van der Waals surface area contributed by atoms with Gasteiger partial charge in [-0.3, -0.25) is 19.6 Å². The van der Waals surface area contributed by atoms with E-state index in [1.807, 2.05) is 62.9 Å². The van der Waals surface area contributed by atoms with E-state index in [2.05, 4.69) is 23.8 Å². The van der Waals surface area contributed by atoms with Crippen molar-refractivity contribution in [1.82, 2.24) is 10.6 Å². The van der Waals surface area contributed by atoms with Gasteiger partial charge in [0.25, 0.3) is 5.91 Å². The van der Waals surface area contributed by atoms with Gasteiger partial charge in [0.2, 0.25) is 5.91 Å². The fraction of sp³-hybridized carbons (Fsp3) is 0.484. The maximum absolute atomic E-state index is 15.3. The Balaban J connectivity index is 1.61. The van der Waals surface area contributed by atoms with E-state index in [0.717, 1.165) is 31.2 Å². The van der Waals surface area contributed by atoms with Crippen molar-refractivity contribution < 1.29 is 14.0 Å². The van der Waals surface area contributed by atoms with Crippen LogP contribution < -0.4 is 10.6 Å². The summed E-state index contributed by atoms with van der Waals surface area (Å²) in [4.78, 5) is 35.6. The zero-order chi connectivity index (χ0) is 28.2. The molecule has 6 nitrogen and oxygen atoms in total. The highest BCUT2D eigenvalue weighted by atomic mass is 32.2. The highest BCUT2D eigenvalue weighted by Crippen LogP contribution is 2.40. The average molecular weight is 551 g/mol. The zero-order valence-corrected chi connectivity index (χ0v) is 24.3. The molecule has 2 aromatic carbocycles. The molecular formula is C31H39FN4O2S. The smallest absolute Gasteiger partial charge is 0.254 e. The third-order valence-corrected chi connectivity index (χ3v) is 8.87. The minimum absolute atomic E-state index is 0.0403. The highest BCUT2D eigenvalue weighted by molar-refractivity contribution is 7.99. The van der Waals surface area contributed by atoms with E-state index in [4.69, 9.17) is 9.98 Å². The van der Waals surface area contributed by atoms with Crippen molar-refractivity contribution in [2.75, 3.05) is 12.8 Å². The summed E-state index contributed by atoms with van der Waals surface area (Å²) < 4.78 is 15.3. The molecule has 0 radical (unpaired) electrons. The Bertz CT molecular complexity index is 1260. The normalized spacial score (nSPS) is 23.4. The molecule has 2 N–H and O–H groups in total. The number of nitrogens with one attached hydrogen (secondary N) is 2. The molecule has 1 aliphatic heterocycles. The Labute approximate surface area is 235 Å². The standard InChI is InChI=1S/C31H39FN4O2S/c1-30(2,3)29(38)35-27-26(36-31(4,19-34-27)22-12-14-23(39-5)15-13-22)21-11-16-24(25(32)17-21)28(37)33-18-20-9-7-6-8-10-20/h6-11,16-17,22-23H,12-15,18-19H2,1-5H3,(H,33,37)(H,34,35,38). The minimum Gasteiger partial charge on any atom is -0.348 e. The first-order valence-corrected chi connectivity index (χ1v) is 14.9. The Morgan fingerprint density at radius 1 is 1.08 bits per heavy atom. The van der Waals surface area contributed by atoms with E-state index in [9.17, 15) is 9.59 Å². The van der Waals surface area contributed by atoms with Crippen molar-refractivity contribution in [3.63, 3.8) is 0 Å². The van der Waals surface area contributed by atoms with Crippen molar-refractivity contribution >= 4 is 35.1 Å². The third kappa shape index (κ3) is 6.96. The highest BCUT2D eigenvalue weighted by Gasteiger charge is 2.40. The van der Waals surface area contributed by atoms with Crippen molar-refractivity contribution in [1.29, 1.82) is 0 Å². The molecule has 1 heterocycles. The van der Waals surface area contributed by atoms with E-state index >= 15 is 4.39 Å². The zero-order valence-electron chi connectivity index (χ0n) is 23.5. The van der Waals surface area contributed by atoms with Gasteiger partial charge in [0, 0.05) is 22.8 Å². The molecule has 1 aliphatic carbocycles. The van der Waals surface area contributed by atoms with Crippen LogP contribution >= 0.6 is 11.8 Å². The van der Waals surface area contributed by atoms with Crippen LogP contribution in [0.15, 0.2) is 58.5 Å². The third-order valence-electron chi connectivity index (χ3n) is 7.73. The summed E-state index contributed by atoms with van der Waals surface area (Å²) in [5.41, 5.74) is 0.766. The molecule has 2 aliphatic rings. The number of carbonyl (C=O) groups is 2. The van der Waals surface area contributed by atoms with E-state index in [-0.39, 0.29) is 11.5 Å². The van der Waals surface area contributed by atoms with Gasteiger partial charge in [-0.1, -0.05) is 57.2 Å². The van der Waals surface area contributed by atoms with Gasteiger partial charge in [-0.05, 0) is 62.5 Å². The van der Waals surface area contributed by atoms with Crippen LogP contribution in [0, 0.1) is 17.2 Å². The van der Waals surface area contributed by atoms with E-state index < -0.39 is 22.7 Å². The van der Waals surface area contributed by atoms with Gasteiger partial charge in [-0.2, -0.15) is 11.8 Å². The van der Waals surface area contributed by atoms with Crippen LogP contribution in [0.1, 0.15) is 74.9 Å². The first-order valence-electron chi connectivity index (χ1n) is 13.6. The SMILES string of the molecule is CSC1CCC(C2(C)CN=C(NC(=O)C(C)(C)C)C(c3ccc(C(=O)NCc4ccccc4)c(F)c3)=N2)CC1. The molecule has 0 bridgehead atoms. The van der Waals surface area contributed by atoms with Crippen molar-refractivity contribution in [3.05, 3.63) is 71.0 Å². The lowest BCUT2D eigenvalue weighted by Gasteiger charge is -2.40. The fourth-order valence-corrected chi connectivity index (χ4v) is 5.86. The number of rotatable bonds is 6. The number of nitrogens with zero attached hydrogens (tertiary/aromatic N) is 2. The maximum Gasteiger partial charge on any atom is 0.254 e. The predicted molar refractivity (Wildman–Crippen MR) is 158 cm³/mol. The molecule has 2 amide bonds. The van der Waals surface area contributed by atoms with Gasteiger partial charge in [0.1, 0.15) is 11.5 Å². The number of benzene rings is 2. The number of hydrogen-bond donors (Lipinski definition) is 2. The van der Waals surface area contributed by atoms with Crippen LogP contribution in [0.4, 0.5) is 4.39 Å². The quantitative estimate of drug-likeness (QED) is 0.477. The van der Waals surface area contributed by atoms with Gasteiger partial charge in [0.15, 0.2) is 5.84 Å². The predicted octanol–water partition coefficient (Wildman–Crippen LogP) is 5.80. The summed E-state index contributed by atoms with van der Waals surface area (Å²) in [6.07, 6.45) is 6.58. The minimum atomic E-state index is -0.644. The van der Waals surface area contributed by atoms with Crippen LogP contribution in [0.3, 0.4) is 0 Å². The molecule has 8 heteroatoms. The largest absolute Gasteiger partial charge is 0.348 e. The van der Waals surface area contributed by atoms with E-state index in [0.29, 0.717) is 41.4 Å². The van der Waals surface area contributed by atoms with Crippen LogP contribution in [0.5, 0.6) is 0 Å². The second-order valence-electron chi connectivity index (χ2n) is 11.8. The molecule has 1 unspecified atom stereocenters. The number of aliphatic imine (C=N–C) groups is 2. The molecular weight excluding hydrogens is 511 g/mol.